The highest BCUT2D eigenvalue weighted by molar-refractivity contribution is 6.39. The number of rotatable bonds is 5. The molecule has 0 atom stereocenters. The third-order valence-electron chi connectivity index (χ3n) is 3.30. The van der Waals surface area contributed by atoms with Crippen molar-refractivity contribution < 1.29 is 9.18 Å². The van der Waals surface area contributed by atoms with Crippen LogP contribution in [-0.2, 0) is 11.3 Å². The van der Waals surface area contributed by atoms with E-state index in [-0.39, 0.29) is 30.5 Å². The van der Waals surface area contributed by atoms with Gasteiger partial charge in [0, 0.05) is 12.0 Å². The summed E-state index contributed by atoms with van der Waals surface area (Å²) in [5.74, 6) is -0.390. The molecule has 0 unspecified atom stereocenters. The molecule has 9 heteroatoms. The highest BCUT2D eigenvalue weighted by Crippen LogP contribution is 2.29. The number of amides is 1. The lowest BCUT2D eigenvalue weighted by Crippen LogP contribution is -2.16. The predicted molar refractivity (Wildman–Crippen MR) is 92.9 cm³/mol. The summed E-state index contributed by atoms with van der Waals surface area (Å²) in [5.41, 5.74) is 0.876. The number of nitrogens with zero attached hydrogens (tertiary/aromatic N) is 4. The first-order valence-corrected chi connectivity index (χ1v) is 8.06. The van der Waals surface area contributed by atoms with E-state index in [9.17, 15) is 9.18 Å². The number of tetrazole rings is 1. The summed E-state index contributed by atoms with van der Waals surface area (Å²) in [6.45, 7) is 0.205. The number of hydrogen-bond acceptors (Lipinski definition) is 4. The number of para-hydroxylation sites is 1. The maximum Gasteiger partial charge on any atom is 0.226 e. The van der Waals surface area contributed by atoms with Crippen LogP contribution in [-0.4, -0.2) is 26.1 Å². The molecule has 6 nitrogen and oxygen atoms in total. The Morgan fingerprint density at radius 1 is 1.16 bits per heavy atom. The fourth-order valence-electron chi connectivity index (χ4n) is 2.10. The van der Waals surface area contributed by atoms with Crippen LogP contribution < -0.4 is 5.32 Å². The van der Waals surface area contributed by atoms with Crippen molar-refractivity contribution in [1.82, 2.24) is 20.2 Å². The third-order valence-corrected chi connectivity index (χ3v) is 3.93. The molecule has 25 heavy (non-hydrogen) atoms. The second-order valence-corrected chi connectivity index (χ2v) is 5.93. The summed E-state index contributed by atoms with van der Waals surface area (Å²) in [5, 5.41) is 15.2. The summed E-state index contributed by atoms with van der Waals surface area (Å²) < 4.78 is 13.2. The van der Waals surface area contributed by atoms with Crippen LogP contribution in [0.5, 0.6) is 0 Å². The molecule has 0 saturated carbocycles. The van der Waals surface area contributed by atoms with Gasteiger partial charge in [-0.15, -0.1) is 10.2 Å². The number of hydrogen-bond donors (Lipinski definition) is 1. The molecule has 0 spiro atoms. The van der Waals surface area contributed by atoms with Gasteiger partial charge < -0.3 is 5.32 Å². The smallest absolute Gasteiger partial charge is 0.226 e. The fraction of sp³-hybridized carbons (Fsp3) is 0.125. The maximum atomic E-state index is 13.2. The highest BCUT2D eigenvalue weighted by Gasteiger charge is 2.11. The number of carbonyl (C=O) groups is 1. The van der Waals surface area contributed by atoms with Crippen molar-refractivity contribution in [3.63, 3.8) is 0 Å². The molecule has 0 aliphatic carbocycles. The van der Waals surface area contributed by atoms with Crippen LogP contribution in [0.1, 0.15) is 6.42 Å². The molecule has 1 amide bonds. The SMILES string of the molecule is O=C(CCn1nnc(-c2cccc(F)c2)n1)Nc1c(Cl)cccc1Cl. The van der Waals surface area contributed by atoms with E-state index in [1.807, 2.05) is 0 Å². The highest BCUT2D eigenvalue weighted by atomic mass is 35.5. The lowest BCUT2D eigenvalue weighted by molar-refractivity contribution is -0.116. The van der Waals surface area contributed by atoms with Gasteiger partial charge in [-0.2, -0.15) is 4.80 Å². The van der Waals surface area contributed by atoms with Gasteiger partial charge >= 0.3 is 0 Å². The van der Waals surface area contributed by atoms with Gasteiger partial charge in [0.05, 0.1) is 22.3 Å². The Hall–Kier alpha value is -2.51. The molecule has 0 bridgehead atoms. The van der Waals surface area contributed by atoms with Gasteiger partial charge in [0.2, 0.25) is 11.7 Å². The quantitative estimate of drug-likeness (QED) is 0.731. The second kappa shape index (κ2) is 7.58. The number of anilines is 1. The molecular weight excluding hydrogens is 368 g/mol. The minimum Gasteiger partial charge on any atom is -0.323 e. The van der Waals surface area contributed by atoms with Gasteiger partial charge in [0.25, 0.3) is 0 Å². The van der Waals surface area contributed by atoms with Crippen molar-refractivity contribution in [2.75, 3.05) is 5.32 Å². The van der Waals surface area contributed by atoms with Crippen molar-refractivity contribution in [1.29, 1.82) is 0 Å². The first-order valence-electron chi connectivity index (χ1n) is 7.30. The molecule has 0 radical (unpaired) electrons. The van der Waals surface area contributed by atoms with E-state index in [1.165, 1.54) is 16.9 Å². The van der Waals surface area contributed by atoms with Gasteiger partial charge in [0.15, 0.2) is 0 Å². The van der Waals surface area contributed by atoms with Gasteiger partial charge in [0.1, 0.15) is 5.82 Å². The molecule has 3 aromatic rings. The Balaban J connectivity index is 1.61. The zero-order valence-electron chi connectivity index (χ0n) is 12.8. The Morgan fingerprint density at radius 3 is 2.60 bits per heavy atom. The average molecular weight is 380 g/mol. The van der Waals surface area contributed by atoms with Crippen molar-refractivity contribution in [3.8, 4) is 11.4 Å². The van der Waals surface area contributed by atoms with Crippen LogP contribution in [0.15, 0.2) is 42.5 Å². The molecule has 0 aliphatic heterocycles. The van der Waals surface area contributed by atoms with Crippen molar-refractivity contribution in [2.24, 2.45) is 0 Å². The van der Waals surface area contributed by atoms with E-state index < -0.39 is 0 Å². The topological polar surface area (TPSA) is 72.7 Å². The normalized spacial score (nSPS) is 10.7. The minimum absolute atomic E-state index is 0.0977. The van der Waals surface area contributed by atoms with Crippen LogP contribution in [0.3, 0.4) is 0 Å². The molecule has 0 fully saturated rings. The number of benzene rings is 2. The Labute approximate surface area is 152 Å². The summed E-state index contributed by atoms with van der Waals surface area (Å²) in [6.07, 6.45) is 0.0977. The number of halogens is 3. The first kappa shape index (κ1) is 17.3. The molecule has 1 aromatic heterocycles. The Bertz CT molecular complexity index is 895. The zero-order chi connectivity index (χ0) is 17.8. The van der Waals surface area contributed by atoms with Crippen LogP contribution in [0.4, 0.5) is 10.1 Å². The molecule has 1 heterocycles. The molecule has 0 aliphatic rings. The predicted octanol–water partition coefficient (Wildman–Crippen LogP) is 3.81. The lowest BCUT2D eigenvalue weighted by atomic mass is 10.2. The maximum absolute atomic E-state index is 13.2. The molecule has 1 N–H and O–H groups in total. The van der Waals surface area contributed by atoms with E-state index in [0.717, 1.165) is 0 Å². The Kier molecular flexibility index (Phi) is 5.25. The number of carbonyl (C=O) groups excluding carboxylic acids is 1. The van der Waals surface area contributed by atoms with Crippen molar-refractivity contribution >= 4 is 34.8 Å². The summed E-state index contributed by atoms with van der Waals surface area (Å²) in [6, 6.07) is 10.8. The summed E-state index contributed by atoms with van der Waals surface area (Å²) >= 11 is 12.0. The largest absolute Gasteiger partial charge is 0.323 e. The first-order chi connectivity index (χ1) is 12.0. The van der Waals surface area contributed by atoms with Crippen LogP contribution in [0, 0.1) is 5.82 Å². The average Bonchev–Trinajstić information content (AvgIpc) is 3.06. The molecule has 0 saturated heterocycles. The van der Waals surface area contributed by atoms with Crippen LogP contribution in [0.2, 0.25) is 10.0 Å². The number of nitrogens with one attached hydrogen (secondary N) is 1. The van der Waals surface area contributed by atoms with Gasteiger partial charge in [-0.1, -0.05) is 41.4 Å². The molecule has 128 valence electrons. The van der Waals surface area contributed by atoms with E-state index in [4.69, 9.17) is 23.2 Å². The minimum atomic E-state index is -0.384. The number of aromatic nitrogens is 4. The molecule has 2 aromatic carbocycles. The molecular formula is C16H12Cl2FN5O. The standard InChI is InChI=1S/C16H12Cl2FN5O/c17-12-5-2-6-13(18)15(12)20-14(25)7-8-24-22-16(21-23-24)10-3-1-4-11(19)9-10/h1-6,9H,7-8H2,(H,20,25). The zero-order valence-corrected chi connectivity index (χ0v) is 14.3. The fourth-order valence-corrected chi connectivity index (χ4v) is 2.59. The van der Waals surface area contributed by atoms with Gasteiger partial charge in [-0.3, -0.25) is 4.79 Å². The van der Waals surface area contributed by atoms with E-state index in [2.05, 4.69) is 20.7 Å². The van der Waals surface area contributed by atoms with Crippen LogP contribution >= 0.6 is 23.2 Å². The lowest BCUT2D eigenvalue weighted by Gasteiger charge is -2.08. The summed E-state index contributed by atoms with van der Waals surface area (Å²) in [7, 11) is 0. The van der Waals surface area contributed by atoms with E-state index >= 15 is 0 Å². The van der Waals surface area contributed by atoms with Crippen LogP contribution in [0.25, 0.3) is 11.4 Å². The number of aryl methyl sites for hydroxylation is 1. The van der Waals surface area contributed by atoms with Gasteiger partial charge in [-0.25, -0.2) is 4.39 Å². The van der Waals surface area contributed by atoms with E-state index in [1.54, 1.807) is 30.3 Å². The monoisotopic (exact) mass is 379 g/mol. The van der Waals surface area contributed by atoms with Crippen molar-refractivity contribution in [3.05, 3.63) is 58.3 Å². The third kappa shape index (κ3) is 4.32. The van der Waals surface area contributed by atoms with E-state index in [0.29, 0.717) is 21.3 Å². The second-order valence-electron chi connectivity index (χ2n) is 5.11. The van der Waals surface area contributed by atoms with Crippen molar-refractivity contribution in [2.45, 2.75) is 13.0 Å². The summed E-state index contributed by atoms with van der Waals surface area (Å²) in [4.78, 5) is 13.3. The molecule has 3 rings (SSSR count). The van der Waals surface area contributed by atoms with Gasteiger partial charge in [-0.05, 0) is 29.5 Å². The Morgan fingerprint density at radius 2 is 1.88 bits per heavy atom.